The SMILES string of the molecule is COCC1CCCN(CC(=O)c2ccccc2C)C1. The highest BCUT2D eigenvalue weighted by Gasteiger charge is 2.22. The van der Waals surface area contributed by atoms with Gasteiger partial charge in [0.05, 0.1) is 13.2 Å². The van der Waals surface area contributed by atoms with Gasteiger partial charge in [-0.25, -0.2) is 0 Å². The Bertz CT molecular complexity index is 429. The van der Waals surface area contributed by atoms with E-state index in [0.29, 0.717) is 12.5 Å². The zero-order valence-corrected chi connectivity index (χ0v) is 11.9. The van der Waals surface area contributed by atoms with Crippen LogP contribution in [0.4, 0.5) is 0 Å². The van der Waals surface area contributed by atoms with Crippen LogP contribution < -0.4 is 0 Å². The van der Waals surface area contributed by atoms with Gasteiger partial charge in [0.25, 0.3) is 0 Å². The minimum Gasteiger partial charge on any atom is -0.384 e. The lowest BCUT2D eigenvalue weighted by atomic mass is 9.98. The van der Waals surface area contributed by atoms with Crippen molar-refractivity contribution in [3.8, 4) is 0 Å². The third-order valence-electron chi connectivity index (χ3n) is 3.82. The molecule has 1 aromatic carbocycles. The van der Waals surface area contributed by atoms with E-state index < -0.39 is 0 Å². The highest BCUT2D eigenvalue weighted by molar-refractivity contribution is 5.98. The Morgan fingerprint density at radius 1 is 1.42 bits per heavy atom. The normalized spacial score (nSPS) is 20.4. The van der Waals surface area contributed by atoms with Crippen molar-refractivity contribution in [3.63, 3.8) is 0 Å². The number of ether oxygens (including phenoxy) is 1. The van der Waals surface area contributed by atoms with Crippen molar-refractivity contribution < 1.29 is 9.53 Å². The number of likely N-dealkylation sites (tertiary alicyclic amines) is 1. The molecule has 1 heterocycles. The minimum absolute atomic E-state index is 0.233. The van der Waals surface area contributed by atoms with Crippen LogP contribution >= 0.6 is 0 Å². The van der Waals surface area contributed by atoms with Gasteiger partial charge in [-0.2, -0.15) is 0 Å². The maximum Gasteiger partial charge on any atom is 0.177 e. The third-order valence-corrected chi connectivity index (χ3v) is 3.82. The van der Waals surface area contributed by atoms with E-state index in [-0.39, 0.29) is 5.78 Å². The molecule has 0 N–H and O–H groups in total. The minimum atomic E-state index is 0.233. The molecule has 2 rings (SSSR count). The highest BCUT2D eigenvalue weighted by Crippen LogP contribution is 2.17. The van der Waals surface area contributed by atoms with Gasteiger partial charge in [-0.1, -0.05) is 24.3 Å². The zero-order valence-electron chi connectivity index (χ0n) is 11.9. The number of ketones is 1. The number of hydrogen-bond acceptors (Lipinski definition) is 3. The van der Waals surface area contributed by atoms with Crippen molar-refractivity contribution in [3.05, 3.63) is 35.4 Å². The number of methoxy groups -OCH3 is 1. The van der Waals surface area contributed by atoms with Gasteiger partial charge in [0, 0.05) is 19.2 Å². The first-order valence-electron chi connectivity index (χ1n) is 7.01. The lowest BCUT2D eigenvalue weighted by Gasteiger charge is -2.31. The monoisotopic (exact) mass is 261 g/mol. The number of benzene rings is 1. The summed E-state index contributed by atoms with van der Waals surface area (Å²) in [6.07, 6.45) is 2.37. The van der Waals surface area contributed by atoms with E-state index in [2.05, 4.69) is 4.90 Å². The van der Waals surface area contributed by atoms with Crippen LogP contribution in [-0.2, 0) is 4.74 Å². The molecule has 104 valence electrons. The summed E-state index contributed by atoms with van der Waals surface area (Å²) in [6, 6.07) is 7.83. The number of rotatable bonds is 5. The summed E-state index contributed by atoms with van der Waals surface area (Å²) in [5.74, 6) is 0.805. The fraction of sp³-hybridized carbons (Fsp3) is 0.562. The zero-order chi connectivity index (χ0) is 13.7. The molecule has 0 radical (unpaired) electrons. The molecule has 1 fully saturated rings. The Morgan fingerprint density at radius 3 is 2.95 bits per heavy atom. The van der Waals surface area contributed by atoms with Gasteiger partial charge in [0.1, 0.15) is 0 Å². The highest BCUT2D eigenvalue weighted by atomic mass is 16.5. The van der Waals surface area contributed by atoms with Gasteiger partial charge >= 0.3 is 0 Å². The van der Waals surface area contributed by atoms with Crippen LogP contribution in [-0.4, -0.2) is 44.0 Å². The number of carbonyl (C=O) groups is 1. The van der Waals surface area contributed by atoms with E-state index in [1.165, 1.54) is 6.42 Å². The second-order valence-electron chi connectivity index (χ2n) is 5.44. The van der Waals surface area contributed by atoms with Crippen molar-refractivity contribution in [2.45, 2.75) is 19.8 Å². The maximum atomic E-state index is 12.3. The van der Waals surface area contributed by atoms with E-state index in [0.717, 1.165) is 37.2 Å². The van der Waals surface area contributed by atoms with E-state index in [1.54, 1.807) is 7.11 Å². The molecule has 1 aliphatic rings. The van der Waals surface area contributed by atoms with Crippen LogP contribution in [0, 0.1) is 12.8 Å². The van der Waals surface area contributed by atoms with E-state index >= 15 is 0 Å². The first kappa shape index (κ1) is 14.2. The Morgan fingerprint density at radius 2 is 2.21 bits per heavy atom. The number of Topliss-reactive ketones (excluding diaryl/α,β-unsaturated/α-hetero) is 1. The van der Waals surface area contributed by atoms with E-state index in [9.17, 15) is 4.79 Å². The molecule has 1 atom stereocenters. The molecular formula is C16H23NO2. The molecule has 0 saturated carbocycles. The number of piperidine rings is 1. The smallest absolute Gasteiger partial charge is 0.177 e. The molecular weight excluding hydrogens is 238 g/mol. The number of carbonyl (C=O) groups excluding carboxylic acids is 1. The van der Waals surface area contributed by atoms with Crippen LogP contribution in [0.25, 0.3) is 0 Å². The predicted molar refractivity (Wildman–Crippen MR) is 76.5 cm³/mol. The summed E-state index contributed by atoms with van der Waals surface area (Å²) < 4.78 is 5.23. The second-order valence-corrected chi connectivity index (χ2v) is 5.44. The lowest BCUT2D eigenvalue weighted by molar-refractivity contribution is 0.0757. The van der Waals surface area contributed by atoms with Crippen molar-refractivity contribution in [2.75, 3.05) is 33.4 Å². The van der Waals surface area contributed by atoms with E-state index in [4.69, 9.17) is 4.74 Å². The Hall–Kier alpha value is -1.19. The molecule has 1 saturated heterocycles. The predicted octanol–water partition coefficient (Wildman–Crippen LogP) is 2.54. The molecule has 1 aliphatic heterocycles. The number of aryl methyl sites for hydroxylation is 1. The van der Waals surface area contributed by atoms with Gasteiger partial charge in [-0.15, -0.1) is 0 Å². The van der Waals surface area contributed by atoms with Crippen LogP contribution in [0.15, 0.2) is 24.3 Å². The largest absolute Gasteiger partial charge is 0.384 e. The van der Waals surface area contributed by atoms with Crippen molar-refractivity contribution in [1.82, 2.24) is 4.90 Å². The van der Waals surface area contributed by atoms with E-state index in [1.807, 2.05) is 31.2 Å². The van der Waals surface area contributed by atoms with Crippen LogP contribution in [0.2, 0.25) is 0 Å². The van der Waals surface area contributed by atoms with Crippen LogP contribution in [0.5, 0.6) is 0 Å². The first-order chi connectivity index (χ1) is 9.20. The molecule has 0 aliphatic carbocycles. The summed E-state index contributed by atoms with van der Waals surface area (Å²) in [7, 11) is 1.75. The molecule has 1 aromatic rings. The van der Waals surface area contributed by atoms with Crippen molar-refractivity contribution >= 4 is 5.78 Å². The Kier molecular flexibility index (Phi) is 5.11. The van der Waals surface area contributed by atoms with Crippen LogP contribution in [0.3, 0.4) is 0 Å². The average Bonchev–Trinajstić information content (AvgIpc) is 2.40. The second kappa shape index (κ2) is 6.83. The fourth-order valence-corrected chi connectivity index (χ4v) is 2.84. The Labute approximate surface area is 115 Å². The molecule has 0 amide bonds. The lowest BCUT2D eigenvalue weighted by Crippen LogP contribution is -2.40. The molecule has 0 bridgehead atoms. The molecule has 0 aromatic heterocycles. The summed E-state index contributed by atoms with van der Waals surface area (Å²) in [5, 5.41) is 0. The third kappa shape index (κ3) is 3.88. The molecule has 0 spiro atoms. The maximum absolute atomic E-state index is 12.3. The average molecular weight is 261 g/mol. The van der Waals surface area contributed by atoms with Crippen molar-refractivity contribution in [2.24, 2.45) is 5.92 Å². The van der Waals surface area contributed by atoms with Gasteiger partial charge in [0.2, 0.25) is 0 Å². The Balaban J connectivity index is 1.93. The summed E-state index contributed by atoms with van der Waals surface area (Å²) in [4.78, 5) is 14.6. The first-order valence-corrected chi connectivity index (χ1v) is 7.01. The summed E-state index contributed by atoms with van der Waals surface area (Å²) in [6.45, 7) is 5.33. The fourth-order valence-electron chi connectivity index (χ4n) is 2.84. The molecule has 3 heteroatoms. The molecule has 19 heavy (non-hydrogen) atoms. The van der Waals surface area contributed by atoms with Crippen molar-refractivity contribution in [1.29, 1.82) is 0 Å². The summed E-state index contributed by atoms with van der Waals surface area (Å²) >= 11 is 0. The topological polar surface area (TPSA) is 29.5 Å². The van der Waals surface area contributed by atoms with Gasteiger partial charge in [-0.3, -0.25) is 9.69 Å². The van der Waals surface area contributed by atoms with Gasteiger partial charge < -0.3 is 4.74 Å². The van der Waals surface area contributed by atoms with Crippen LogP contribution in [0.1, 0.15) is 28.8 Å². The van der Waals surface area contributed by atoms with Gasteiger partial charge in [0.15, 0.2) is 5.78 Å². The number of hydrogen-bond donors (Lipinski definition) is 0. The quantitative estimate of drug-likeness (QED) is 0.763. The standard InChI is InChI=1S/C16H23NO2/c1-13-6-3-4-8-15(13)16(18)11-17-9-5-7-14(10-17)12-19-2/h3-4,6,8,14H,5,7,9-12H2,1-2H3. The number of nitrogens with zero attached hydrogens (tertiary/aromatic N) is 1. The molecule has 3 nitrogen and oxygen atoms in total. The van der Waals surface area contributed by atoms with Gasteiger partial charge in [-0.05, 0) is 37.8 Å². The molecule has 1 unspecified atom stereocenters. The summed E-state index contributed by atoms with van der Waals surface area (Å²) in [5.41, 5.74) is 1.93.